The Balaban J connectivity index is 2.17. The molecule has 18 heavy (non-hydrogen) atoms. The molecule has 2 heteroatoms. The molecule has 0 radical (unpaired) electrons. The van der Waals surface area contributed by atoms with E-state index in [-0.39, 0.29) is 0 Å². The zero-order valence-corrected chi connectivity index (χ0v) is 11.6. The molecule has 1 aliphatic rings. The third kappa shape index (κ3) is 2.69. The lowest BCUT2D eigenvalue weighted by atomic mass is 9.71. The first-order chi connectivity index (χ1) is 8.54. The third-order valence-electron chi connectivity index (χ3n) is 4.41. The number of hydrogen-bond acceptors (Lipinski definition) is 2. The van der Waals surface area contributed by atoms with Gasteiger partial charge in [-0.15, -0.1) is 0 Å². The van der Waals surface area contributed by atoms with Gasteiger partial charge in [0.05, 0.1) is 12.7 Å². The van der Waals surface area contributed by atoms with Crippen LogP contribution in [0.1, 0.15) is 45.1 Å². The van der Waals surface area contributed by atoms with E-state index in [1.807, 2.05) is 31.2 Å². The van der Waals surface area contributed by atoms with E-state index in [4.69, 9.17) is 4.74 Å². The van der Waals surface area contributed by atoms with Crippen LogP contribution in [0.3, 0.4) is 0 Å². The van der Waals surface area contributed by atoms with Crippen LogP contribution in [-0.4, -0.2) is 12.2 Å². The normalized spacial score (nSPS) is 27.6. The fourth-order valence-corrected chi connectivity index (χ4v) is 3.11. The van der Waals surface area contributed by atoms with E-state index in [2.05, 4.69) is 6.92 Å². The van der Waals surface area contributed by atoms with Crippen molar-refractivity contribution >= 4 is 0 Å². The Kier molecular flexibility index (Phi) is 3.96. The molecular formula is C16H24O2. The summed E-state index contributed by atoms with van der Waals surface area (Å²) >= 11 is 0. The molecule has 0 amide bonds. The Hall–Kier alpha value is -1.02. The predicted octanol–water partition coefficient (Wildman–Crippen LogP) is 3.73. The molecule has 1 aromatic rings. The number of rotatable bonds is 3. The van der Waals surface area contributed by atoms with Crippen LogP contribution in [0.5, 0.6) is 5.75 Å². The summed E-state index contributed by atoms with van der Waals surface area (Å²) in [6.45, 7) is 4.24. The number of benzene rings is 1. The van der Waals surface area contributed by atoms with Crippen LogP contribution in [0.4, 0.5) is 0 Å². The van der Waals surface area contributed by atoms with Crippen LogP contribution in [0.25, 0.3) is 0 Å². The van der Waals surface area contributed by atoms with E-state index in [1.165, 1.54) is 12.8 Å². The summed E-state index contributed by atoms with van der Waals surface area (Å²) in [6.07, 6.45) is 4.79. The minimum atomic E-state index is -0.721. The molecule has 1 N–H and O–H groups in total. The van der Waals surface area contributed by atoms with Gasteiger partial charge in [0, 0.05) is 0 Å². The summed E-state index contributed by atoms with van der Waals surface area (Å²) in [5.41, 5.74) is 0.281. The second-order valence-corrected chi connectivity index (χ2v) is 5.84. The van der Waals surface area contributed by atoms with Gasteiger partial charge >= 0.3 is 0 Å². The third-order valence-corrected chi connectivity index (χ3v) is 4.41. The van der Waals surface area contributed by atoms with Crippen molar-refractivity contribution < 1.29 is 9.84 Å². The highest BCUT2D eigenvalue weighted by molar-refractivity contribution is 5.31. The number of methoxy groups -OCH3 is 1. The lowest BCUT2D eigenvalue weighted by Crippen LogP contribution is -2.34. The lowest BCUT2D eigenvalue weighted by Gasteiger charge is -2.38. The summed E-state index contributed by atoms with van der Waals surface area (Å²) in [6, 6.07) is 7.82. The van der Waals surface area contributed by atoms with E-state index in [0.717, 1.165) is 30.1 Å². The quantitative estimate of drug-likeness (QED) is 0.883. The Bertz CT molecular complexity index is 381. The summed E-state index contributed by atoms with van der Waals surface area (Å²) in [4.78, 5) is 0. The molecule has 1 aromatic carbocycles. The van der Waals surface area contributed by atoms with Crippen molar-refractivity contribution in [2.75, 3.05) is 7.11 Å². The topological polar surface area (TPSA) is 29.5 Å². The molecule has 0 aromatic heterocycles. The van der Waals surface area contributed by atoms with Gasteiger partial charge in [-0.1, -0.05) is 31.9 Å². The van der Waals surface area contributed by atoms with Gasteiger partial charge in [0.1, 0.15) is 5.75 Å². The second kappa shape index (κ2) is 5.31. The van der Waals surface area contributed by atoms with Crippen molar-refractivity contribution in [2.45, 2.75) is 45.1 Å². The van der Waals surface area contributed by atoms with Crippen molar-refractivity contribution in [3.8, 4) is 5.75 Å². The maximum Gasteiger partial charge on any atom is 0.118 e. The molecule has 0 aliphatic heterocycles. The highest BCUT2D eigenvalue weighted by atomic mass is 16.5. The van der Waals surface area contributed by atoms with Crippen LogP contribution in [0, 0.1) is 11.8 Å². The molecule has 100 valence electrons. The average Bonchev–Trinajstić information content (AvgIpc) is 2.39. The highest BCUT2D eigenvalue weighted by Crippen LogP contribution is 2.41. The molecule has 3 atom stereocenters. The summed E-state index contributed by atoms with van der Waals surface area (Å²) in [5, 5.41) is 10.9. The van der Waals surface area contributed by atoms with Crippen LogP contribution in [0.15, 0.2) is 24.3 Å². The molecule has 0 heterocycles. The van der Waals surface area contributed by atoms with Crippen LogP contribution < -0.4 is 4.74 Å². The average molecular weight is 248 g/mol. The van der Waals surface area contributed by atoms with E-state index < -0.39 is 5.60 Å². The van der Waals surface area contributed by atoms with Crippen molar-refractivity contribution in [1.82, 2.24) is 0 Å². The fraction of sp³-hybridized carbons (Fsp3) is 0.625. The van der Waals surface area contributed by atoms with Gasteiger partial charge in [-0.05, 0) is 49.3 Å². The SMILES string of the molecule is COc1ccc(C(C)(O)C2CCCC(C)C2)cc1. The van der Waals surface area contributed by atoms with Crippen LogP contribution in [-0.2, 0) is 5.60 Å². The number of ether oxygens (including phenoxy) is 1. The molecule has 0 saturated heterocycles. The van der Waals surface area contributed by atoms with Crippen molar-refractivity contribution in [3.63, 3.8) is 0 Å². The van der Waals surface area contributed by atoms with Gasteiger partial charge < -0.3 is 9.84 Å². The monoisotopic (exact) mass is 248 g/mol. The van der Waals surface area contributed by atoms with Crippen LogP contribution >= 0.6 is 0 Å². The van der Waals surface area contributed by atoms with E-state index in [0.29, 0.717) is 5.92 Å². The van der Waals surface area contributed by atoms with Gasteiger partial charge in [-0.3, -0.25) is 0 Å². The number of aliphatic hydroxyl groups is 1. The van der Waals surface area contributed by atoms with Gasteiger partial charge in [-0.2, -0.15) is 0 Å². The summed E-state index contributed by atoms with van der Waals surface area (Å²) in [5.74, 6) is 1.94. The Morgan fingerprint density at radius 2 is 1.89 bits per heavy atom. The fourth-order valence-electron chi connectivity index (χ4n) is 3.11. The molecule has 1 fully saturated rings. The van der Waals surface area contributed by atoms with E-state index in [1.54, 1.807) is 7.11 Å². The smallest absolute Gasteiger partial charge is 0.118 e. The van der Waals surface area contributed by atoms with Gasteiger partial charge in [0.15, 0.2) is 0 Å². The lowest BCUT2D eigenvalue weighted by molar-refractivity contribution is -0.0294. The molecule has 2 nitrogen and oxygen atoms in total. The summed E-state index contributed by atoms with van der Waals surface area (Å²) < 4.78 is 5.16. The van der Waals surface area contributed by atoms with Crippen molar-refractivity contribution in [1.29, 1.82) is 0 Å². The van der Waals surface area contributed by atoms with E-state index >= 15 is 0 Å². The van der Waals surface area contributed by atoms with Gasteiger partial charge in [0.2, 0.25) is 0 Å². The molecule has 1 saturated carbocycles. The first-order valence-corrected chi connectivity index (χ1v) is 6.91. The minimum absolute atomic E-state index is 0.370. The predicted molar refractivity (Wildman–Crippen MR) is 73.7 cm³/mol. The number of hydrogen-bond donors (Lipinski definition) is 1. The van der Waals surface area contributed by atoms with Crippen molar-refractivity contribution in [2.24, 2.45) is 11.8 Å². The molecule has 1 aliphatic carbocycles. The Labute approximate surface area is 110 Å². The first-order valence-electron chi connectivity index (χ1n) is 6.91. The maximum absolute atomic E-state index is 10.9. The standard InChI is InChI=1S/C16H24O2/c1-12-5-4-6-14(11-12)16(2,17)13-7-9-15(18-3)10-8-13/h7-10,12,14,17H,4-6,11H2,1-3H3. The molecule has 2 rings (SSSR count). The largest absolute Gasteiger partial charge is 0.497 e. The molecule has 0 spiro atoms. The van der Waals surface area contributed by atoms with Gasteiger partial charge in [0.25, 0.3) is 0 Å². The highest BCUT2D eigenvalue weighted by Gasteiger charge is 2.36. The molecular weight excluding hydrogens is 224 g/mol. The van der Waals surface area contributed by atoms with Crippen LogP contribution in [0.2, 0.25) is 0 Å². The summed E-state index contributed by atoms with van der Waals surface area (Å²) in [7, 11) is 1.66. The van der Waals surface area contributed by atoms with E-state index in [9.17, 15) is 5.11 Å². The second-order valence-electron chi connectivity index (χ2n) is 5.84. The van der Waals surface area contributed by atoms with Gasteiger partial charge in [-0.25, -0.2) is 0 Å². The Morgan fingerprint density at radius 3 is 2.44 bits per heavy atom. The first kappa shape index (κ1) is 13.4. The molecule has 3 unspecified atom stereocenters. The minimum Gasteiger partial charge on any atom is -0.497 e. The Morgan fingerprint density at radius 1 is 1.22 bits per heavy atom. The zero-order chi connectivity index (χ0) is 13.2. The zero-order valence-electron chi connectivity index (χ0n) is 11.6. The molecule has 0 bridgehead atoms. The van der Waals surface area contributed by atoms with Crippen molar-refractivity contribution in [3.05, 3.63) is 29.8 Å². The maximum atomic E-state index is 10.9.